The minimum atomic E-state index is -1.10. The quantitative estimate of drug-likeness (QED) is 0.389. The minimum absolute atomic E-state index is 0.0837. The maximum Gasteiger partial charge on any atom is 0.412 e. The van der Waals surface area contributed by atoms with E-state index in [1.165, 1.54) is 13.0 Å². The van der Waals surface area contributed by atoms with Crippen LogP contribution < -0.4 is 10.1 Å². The standard InChI is InChI=1S/C23H25NO7/c1-15(3-12-21(27)28)22(18-6-10-20(11-7-18)30-14-13-25)31-23(29)24-19-8-4-17(5-9-19)16(2)26/h3-12,15,22,25H,13-14H2,1-2H3,(H,24,29)(H,27,28)/b12-3+/t15-,22+/m0/s1. The molecule has 0 aliphatic rings. The van der Waals surface area contributed by atoms with Crippen LogP contribution in [0.15, 0.2) is 60.7 Å². The number of anilines is 1. The van der Waals surface area contributed by atoms with Crippen molar-refractivity contribution in [2.45, 2.75) is 20.0 Å². The van der Waals surface area contributed by atoms with Gasteiger partial charge in [-0.1, -0.05) is 25.1 Å². The Kier molecular flexibility index (Phi) is 8.78. The van der Waals surface area contributed by atoms with Gasteiger partial charge >= 0.3 is 12.1 Å². The van der Waals surface area contributed by atoms with Crippen LogP contribution >= 0.6 is 0 Å². The van der Waals surface area contributed by atoms with Crippen LogP contribution in [-0.2, 0) is 9.53 Å². The highest BCUT2D eigenvalue weighted by atomic mass is 16.6. The summed E-state index contributed by atoms with van der Waals surface area (Å²) < 4.78 is 10.9. The number of ether oxygens (including phenoxy) is 2. The number of Topliss-reactive ketones (excluding diaryl/α,β-unsaturated/α-hetero) is 1. The molecule has 8 nitrogen and oxygen atoms in total. The molecule has 0 bridgehead atoms. The average molecular weight is 427 g/mol. The number of hydrogen-bond donors (Lipinski definition) is 3. The summed E-state index contributed by atoms with van der Waals surface area (Å²) in [6, 6.07) is 13.1. The number of amides is 1. The monoisotopic (exact) mass is 427 g/mol. The van der Waals surface area contributed by atoms with E-state index in [1.807, 2.05) is 0 Å². The zero-order chi connectivity index (χ0) is 22.8. The number of aliphatic carboxylic acids is 1. The largest absolute Gasteiger partial charge is 0.491 e. The molecule has 164 valence electrons. The molecule has 31 heavy (non-hydrogen) atoms. The van der Waals surface area contributed by atoms with Gasteiger partial charge in [0.05, 0.1) is 6.61 Å². The highest BCUT2D eigenvalue weighted by Gasteiger charge is 2.22. The number of aliphatic hydroxyl groups is 1. The highest BCUT2D eigenvalue weighted by Crippen LogP contribution is 2.29. The van der Waals surface area contributed by atoms with Crippen LogP contribution in [-0.4, -0.2) is 41.3 Å². The molecular formula is C23H25NO7. The molecule has 0 aliphatic carbocycles. The van der Waals surface area contributed by atoms with Gasteiger partial charge in [-0.15, -0.1) is 0 Å². The van der Waals surface area contributed by atoms with E-state index in [2.05, 4.69) is 5.32 Å². The fourth-order valence-electron chi connectivity index (χ4n) is 2.78. The lowest BCUT2D eigenvalue weighted by molar-refractivity contribution is -0.131. The number of aliphatic hydroxyl groups excluding tert-OH is 1. The fourth-order valence-corrected chi connectivity index (χ4v) is 2.78. The maximum absolute atomic E-state index is 12.5. The normalized spacial score (nSPS) is 12.7. The Morgan fingerprint density at radius 3 is 2.26 bits per heavy atom. The lowest BCUT2D eigenvalue weighted by Gasteiger charge is -2.23. The van der Waals surface area contributed by atoms with Gasteiger partial charge in [-0.05, 0) is 48.9 Å². The molecule has 0 aliphatic heterocycles. The molecule has 1 amide bonds. The molecule has 3 N–H and O–H groups in total. The Hall–Kier alpha value is -3.65. The van der Waals surface area contributed by atoms with Gasteiger partial charge in [0.15, 0.2) is 5.78 Å². The predicted molar refractivity (Wildman–Crippen MR) is 114 cm³/mol. The lowest BCUT2D eigenvalue weighted by Crippen LogP contribution is -2.21. The second-order valence-corrected chi connectivity index (χ2v) is 6.78. The van der Waals surface area contributed by atoms with Gasteiger partial charge in [0, 0.05) is 23.2 Å². The van der Waals surface area contributed by atoms with Crippen molar-refractivity contribution in [1.82, 2.24) is 0 Å². The topological polar surface area (TPSA) is 122 Å². The molecule has 0 spiro atoms. The summed E-state index contributed by atoms with van der Waals surface area (Å²) in [4.78, 5) is 34.7. The van der Waals surface area contributed by atoms with Crippen molar-refractivity contribution >= 4 is 23.5 Å². The van der Waals surface area contributed by atoms with Crippen LogP contribution in [0.3, 0.4) is 0 Å². The zero-order valence-corrected chi connectivity index (χ0v) is 17.3. The van der Waals surface area contributed by atoms with E-state index in [0.717, 1.165) is 6.08 Å². The third kappa shape index (κ3) is 7.60. The predicted octanol–water partition coefficient (Wildman–Crippen LogP) is 3.83. The summed E-state index contributed by atoms with van der Waals surface area (Å²) in [5.74, 6) is -1.08. The summed E-state index contributed by atoms with van der Waals surface area (Å²) in [5, 5.41) is 20.4. The molecule has 0 radical (unpaired) electrons. The first kappa shape index (κ1) is 23.6. The van der Waals surface area contributed by atoms with Crippen LogP contribution in [0, 0.1) is 5.92 Å². The van der Waals surface area contributed by atoms with Crippen LogP contribution in [0.2, 0.25) is 0 Å². The number of benzene rings is 2. The number of carbonyl (C=O) groups is 3. The third-order valence-electron chi connectivity index (χ3n) is 4.36. The Morgan fingerprint density at radius 1 is 1.06 bits per heavy atom. The van der Waals surface area contributed by atoms with Crippen molar-refractivity contribution in [3.63, 3.8) is 0 Å². The van der Waals surface area contributed by atoms with E-state index in [9.17, 15) is 14.4 Å². The number of carboxylic acids is 1. The zero-order valence-electron chi connectivity index (χ0n) is 17.3. The summed E-state index contributed by atoms with van der Waals surface area (Å²) >= 11 is 0. The summed E-state index contributed by atoms with van der Waals surface area (Å²) in [6.45, 7) is 3.22. The molecule has 0 unspecified atom stereocenters. The fraction of sp³-hybridized carbons (Fsp3) is 0.261. The van der Waals surface area contributed by atoms with E-state index in [4.69, 9.17) is 19.7 Å². The third-order valence-corrected chi connectivity index (χ3v) is 4.36. The van der Waals surface area contributed by atoms with Crippen molar-refractivity contribution in [3.05, 3.63) is 71.8 Å². The van der Waals surface area contributed by atoms with E-state index in [0.29, 0.717) is 22.6 Å². The molecule has 8 heteroatoms. The van der Waals surface area contributed by atoms with E-state index < -0.39 is 24.1 Å². The minimum Gasteiger partial charge on any atom is -0.491 e. The maximum atomic E-state index is 12.5. The number of ketones is 1. The van der Waals surface area contributed by atoms with Crippen molar-refractivity contribution < 1.29 is 34.1 Å². The number of carboxylic acid groups (broad SMARTS) is 1. The number of nitrogens with one attached hydrogen (secondary N) is 1. The first-order chi connectivity index (χ1) is 14.8. The molecule has 0 fully saturated rings. The van der Waals surface area contributed by atoms with Crippen LogP contribution in [0.25, 0.3) is 0 Å². The van der Waals surface area contributed by atoms with Crippen LogP contribution in [0.1, 0.15) is 35.9 Å². The summed E-state index contributed by atoms with van der Waals surface area (Å²) in [5.41, 5.74) is 1.61. The summed E-state index contributed by atoms with van der Waals surface area (Å²) in [6.07, 6.45) is 0.951. The van der Waals surface area contributed by atoms with Crippen molar-refractivity contribution in [1.29, 1.82) is 0 Å². The first-order valence-corrected chi connectivity index (χ1v) is 9.63. The van der Waals surface area contributed by atoms with Gasteiger partial charge in [0.1, 0.15) is 18.5 Å². The Bertz CT molecular complexity index is 920. The van der Waals surface area contributed by atoms with Gasteiger partial charge in [-0.2, -0.15) is 0 Å². The number of hydrogen-bond acceptors (Lipinski definition) is 6. The first-order valence-electron chi connectivity index (χ1n) is 9.63. The highest BCUT2D eigenvalue weighted by molar-refractivity contribution is 5.95. The smallest absolute Gasteiger partial charge is 0.412 e. The van der Waals surface area contributed by atoms with Crippen molar-refractivity contribution in [2.75, 3.05) is 18.5 Å². The Labute approximate surface area is 180 Å². The summed E-state index contributed by atoms with van der Waals surface area (Å²) in [7, 11) is 0. The molecule has 0 heterocycles. The van der Waals surface area contributed by atoms with Gasteiger partial charge in [-0.25, -0.2) is 9.59 Å². The van der Waals surface area contributed by atoms with Crippen LogP contribution in [0.5, 0.6) is 5.75 Å². The van der Waals surface area contributed by atoms with E-state index >= 15 is 0 Å². The molecule has 0 aromatic heterocycles. The van der Waals surface area contributed by atoms with Crippen LogP contribution in [0.4, 0.5) is 10.5 Å². The molecular weight excluding hydrogens is 402 g/mol. The van der Waals surface area contributed by atoms with Crippen molar-refractivity contribution in [2.24, 2.45) is 5.92 Å². The lowest BCUT2D eigenvalue weighted by atomic mass is 9.96. The van der Waals surface area contributed by atoms with Gasteiger partial charge in [0.25, 0.3) is 0 Å². The SMILES string of the molecule is CC(=O)c1ccc(NC(=O)O[C@@H](c2ccc(OCCO)cc2)[C@@H](C)/C=C/C(=O)O)cc1. The average Bonchev–Trinajstić information content (AvgIpc) is 2.75. The van der Waals surface area contributed by atoms with E-state index in [-0.39, 0.29) is 19.0 Å². The molecule has 2 atom stereocenters. The molecule has 0 saturated heterocycles. The molecule has 2 rings (SSSR count). The number of carbonyl (C=O) groups excluding carboxylic acids is 2. The molecule has 2 aromatic rings. The van der Waals surface area contributed by atoms with E-state index in [1.54, 1.807) is 55.5 Å². The second-order valence-electron chi connectivity index (χ2n) is 6.78. The molecule has 2 aromatic carbocycles. The number of rotatable bonds is 10. The Morgan fingerprint density at radius 2 is 1.71 bits per heavy atom. The Balaban J connectivity index is 2.16. The molecule has 0 saturated carbocycles. The van der Waals surface area contributed by atoms with Crippen molar-refractivity contribution in [3.8, 4) is 5.75 Å². The second kappa shape index (κ2) is 11.5. The van der Waals surface area contributed by atoms with Gasteiger partial charge in [-0.3, -0.25) is 10.1 Å². The van der Waals surface area contributed by atoms with Gasteiger partial charge in [0.2, 0.25) is 0 Å². The van der Waals surface area contributed by atoms with Gasteiger partial charge < -0.3 is 19.7 Å².